The minimum Gasteiger partial charge on any atom is -0.361 e. The van der Waals surface area contributed by atoms with Gasteiger partial charge in [0.1, 0.15) is 6.07 Å². The van der Waals surface area contributed by atoms with E-state index in [4.69, 9.17) is 0 Å². The van der Waals surface area contributed by atoms with Crippen molar-refractivity contribution in [3.8, 4) is 6.07 Å². The number of aromatic nitrogens is 2. The Balaban J connectivity index is 2.13. The fourth-order valence-corrected chi connectivity index (χ4v) is 2.91. The van der Waals surface area contributed by atoms with Gasteiger partial charge in [-0.05, 0) is 60.2 Å². The summed E-state index contributed by atoms with van der Waals surface area (Å²) in [4.78, 5) is 7.44. The normalized spacial score (nSPS) is 10.6. The zero-order valence-electron chi connectivity index (χ0n) is 11.7. The van der Waals surface area contributed by atoms with Gasteiger partial charge in [-0.3, -0.25) is 4.98 Å². The maximum absolute atomic E-state index is 9.28. The summed E-state index contributed by atoms with van der Waals surface area (Å²) >= 11 is 2.23. The molecule has 0 unspecified atom stereocenters. The van der Waals surface area contributed by atoms with E-state index in [1.54, 1.807) is 6.20 Å². The molecule has 0 aliphatic heterocycles. The Kier molecular flexibility index (Phi) is 3.55. The molecular formula is C16H13IN4. The number of hydrogen-bond acceptors (Lipinski definition) is 3. The van der Waals surface area contributed by atoms with Gasteiger partial charge in [0.15, 0.2) is 0 Å². The predicted octanol–water partition coefficient (Wildman–Crippen LogP) is 4.40. The van der Waals surface area contributed by atoms with Crippen LogP contribution in [0.25, 0.3) is 10.9 Å². The zero-order valence-corrected chi connectivity index (χ0v) is 13.8. The maximum atomic E-state index is 9.28. The molecule has 1 aromatic carbocycles. The molecule has 4 nitrogen and oxygen atoms in total. The lowest BCUT2D eigenvalue weighted by atomic mass is 10.1. The summed E-state index contributed by atoms with van der Waals surface area (Å²) < 4.78 is 0.972. The first kappa shape index (κ1) is 13.9. The molecule has 2 aromatic heterocycles. The number of nitriles is 1. The molecule has 0 spiro atoms. The highest BCUT2D eigenvalue weighted by Gasteiger charge is 2.12. The van der Waals surface area contributed by atoms with Crippen LogP contribution in [0.3, 0.4) is 0 Å². The molecule has 0 aliphatic carbocycles. The van der Waals surface area contributed by atoms with Gasteiger partial charge in [-0.15, -0.1) is 0 Å². The second kappa shape index (κ2) is 5.37. The highest BCUT2D eigenvalue weighted by Crippen LogP contribution is 2.31. The monoisotopic (exact) mass is 388 g/mol. The van der Waals surface area contributed by atoms with Crippen LogP contribution in [0.2, 0.25) is 0 Å². The number of benzene rings is 1. The second-order valence-corrected chi connectivity index (χ2v) is 5.94. The number of nitrogens with zero attached hydrogens (tertiary/aromatic N) is 2. The van der Waals surface area contributed by atoms with E-state index in [0.29, 0.717) is 5.56 Å². The lowest BCUT2D eigenvalue weighted by Gasteiger charge is -2.14. The molecule has 2 heterocycles. The highest BCUT2D eigenvalue weighted by molar-refractivity contribution is 14.1. The summed E-state index contributed by atoms with van der Waals surface area (Å²) in [7, 11) is 0. The number of aryl methyl sites for hydroxylation is 2. The van der Waals surface area contributed by atoms with Crippen molar-refractivity contribution in [1.82, 2.24) is 9.97 Å². The van der Waals surface area contributed by atoms with Crippen molar-refractivity contribution >= 4 is 44.9 Å². The van der Waals surface area contributed by atoms with Crippen LogP contribution in [0.15, 0.2) is 30.6 Å². The van der Waals surface area contributed by atoms with Crippen LogP contribution in [-0.4, -0.2) is 9.97 Å². The summed E-state index contributed by atoms with van der Waals surface area (Å²) in [6.45, 7) is 4.02. The molecule has 0 radical (unpaired) electrons. The number of anilines is 2. The predicted molar refractivity (Wildman–Crippen MR) is 92.7 cm³/mol. The number of hydrogen-bond donors (Lipinski definition) is 2. The number of aromatic amines is 1. The standard InChI is InChI=1S/C16H13IN4/c1-9-12-5-6-19-14(12)4-3-13(9)21-16-11(7-18)8-20-10(2)15(16)17/h3-6,8,19H,1-2H3,(H,20,21). The molecule has 0 saturated carbocycles. The topological polar surface area (TPSA) is 64.5 Å². The smallest absolute Gasteiger partial charge is 0.103 e. The van der Waals surface area contributed by atoms with E-state index in [0.717, 1.165) is 31.7 Å². The Bertz CT molecular complexity index is 874. The van der Waals surface area contributed by atoms with Crippen LogP contribution in [-0.2, 0) is 0 Å². The lowest BCUT2D eigenvalue weighted by molar-refractivity contribution is 1.17. The molecule has 0 amide bonds. The first-order valence-electron chi connectivity index (χ1n) is 6.50. The van der Waals surface area contributed by atoms with Crippen LogP contribution in [0.4, 0.5) is 11.4 Å². The highest BCUT2D eigenvalue weighted by atomic mass is 127. The van der Waals surface area contributed by atoms with Crippen molar-refractivity contribution in [3.05, 3.63) is 51.0 Å². The van der Waals surface area contributed by atoms with E-state index in [1.807, 2.05) is 25.3 Å². The first-order valence-corrected chi connectivity index (χ1v) is 7.58. The molecule has 0 atom stereocenters. The van der Waals surface area contributed by atoms with E-state index < -0.39 is 0 Å². The van der Waals surface area contributed by atoms with Crippen LogP contribution in [0.5, 0.6) is 0 Å². The summed E-state index contributed by atoms with van der Waals surface area (Å²) in [5.74, 6) is 0. The minimum absolute atomic E-state index is 0.554. The van der Waals surface area contributed by atoms with Gasteiger partial charge < -0.3 is 10.3 Å². The third-order valence-corrected chi connectivity index (χ3v) is 4.90. The van der Waals surface area contributed by atoms with Gasteiger partial charge in [0, 0.05) is 29.0 Å². The molecule has 0 bridgehead atoms. The van der Waals surface area contributed by atoms with Gasteiger partial charge in [0.2, 0.25) is 0 Å². The van der Waals surface area contributed by atoms with Crippen molar-refractivity contribution in [2.75, 3.05) is 5.32 Å². The molecule has 0 aliphatic rings. The molecule has 21 heavy (non-hydrogen) atoms. The quantitative estimate of drug-likeness (QED) is 0.640. The van der Waals surface area contributed by atoms with Gasteiger partial charge in [0.25, 0.3) is 0 Å². The fourth-order valence-electron chi connectivity index (χ4n) is 2.34. The molecule has 3 aromatic rings. The third-order valence-electron chi connectivity index (χ3n) is 3.58. The van der Waals surface area contributed by atoms with Crippen LogP contribution in [0, 0.1) is 28.7 Å². The van der Waals surface area contributed by atoms with Crippen molar-refractivity contribution in [1.29, 1.82) is 5.26 Å². The Labute approximate surface area is 136 Å². The Morgan fingerprint density at radius 1 is 1.29 bits per heavy atom. The number of fused-ring (bicyclic) bond motifs is 1. The fraction of sp³-hybridized carbons (Fsp3) is 0.125. The number of rotatable bonds is 2. The summed E-state index contributed by atoms with van der Waals surface area (Å²) in [6.07, 6.45) is 3.55. The Morgan fingerprint density at radius 3 is 2.86 bits per heavy atom. The number of halogens is 1. The SMILES string of the molecule is Cc1ncc(C#N)c(Nc2ccc3[nH]ccc3c2C)c1I. The minimum atomic E-state index is 0.554. The van der Waals surface area contributed by atoms with E-state index in [-0.39, 0.29) is 0 Å². The molecule has 0 saturated heterocycles. The van der Waals surface area contributed by atoms with E-state index >= 15 is 0 Å². The average molecular weight is 388 g/mol. The van der Waals surface area contributed by atoms with Crippen molar-refractivity contribution in [3.63, 3.8) is 0 Å². The largest absolute Gasteiger partial charge is 0.361 e. The van der Waals surface area contributed by atoms with Gasteiger partial charge in [-0.2, -0.15) is 5.26 Å². The van der Waals surface area contributed by atoms with Crippen LogP contribution < -0.4 is 5.32 Å². The zero-order chi connectivity index (χ0) is 15.0. The van der Waals surface area contributed by atoms with Crippen molar-refractivity contribution in [2.45, 2.75) is 13.8 Å². The summed E-state index contributed by atoms with van der Waals surface area (Å²) in [5.41, 5.74) is 5.56. The average Bonchev–Trinajstić information content (AvgIpc) is 2.96. The second-order valence-electron chi connectivity index (χ2n) is 4.86. The van der Waals surface area contributed by atoms with E-state index in [2.05, 4.69) is 56.9 Å². The Morgan fingerprint density at radius 2 is 2.10 bits per heavy atom. The van der Waals surface area contributed by atoms with Crippen LogP contribution in [0.1, 0.15) is 16.8 Å². The van der Waals surface area contributed by atoms with Crippen LogP contribution >= 0.6 is 22.6 Å². The maximum Gasteiger partial charge on any atom is 0.103 e. The third kappa shape index (κ3) is 2.36. The van der Waals surface area contributed by atoms with Gasteiger partial charge in [-0.25, -0.2) is 0 Å². The molecular weight excluding hydrogens is 375 g/mol. The van der Waals surface area contributed by atoms with Gasteiger partial charge in [-0.1, -0.05) is 0 Å². The van der Waals surface area contributed by atoms with E-state index in [9.17, 15) is 5.26 Å². The first-order chi connectivity index (χ1) is 10.1. The molecule has 104 valence electrons. The molecule has 0 fully saturated rings. The van der Waals surface area contributed by atoms with Crippen molar-refractivity contribution in [2.24, 2.45) is 0 Å². The van der Waals surface area contributed by atoms with Gasteiger partial charge in [0.05, 0.1) is 20.5 Å². The van der Waals surface area contributed by atoms with E-state index in [1.165, 1.54) is 5.39 Å². The molecule has 3 rings (SSSR count). The number of pyridine rings is 1. The summed E-state index contributed by atoms with van der Waals surface area (Å²) in [6, 6.07) is 8.33. The van der Waals surface area contributed by atoms with Crippen molar-refractivity contribution < 1.29 is 0 Å². The Hall–Kier alpha value is -2.07. The number of H-pyrrole nitrogens is 1. The molecule has 5 heteroatoms. The van der Waals surface area contributed by atoms with Gasteiger partial charge >= 0.3 is 0 Å². The molecule has 2 N–H and O–H groups in total. The lowest BCUT2D eigenvalue weighted by Crippen LogP contribution is -2.01. The summed E-state index contributed by atoms with van der Waals surface area (Å²) in [5, 5.41) is 13.9. The number of nitrogens with one attached hydrogen (secondary N) is 2.